The molecule has 0 fully saturated rings. The van der Waals surface area contributed by atoms with E-state index in [1.807, 2.05) is 29.0 Å². The van der Waals surface area contributed by atoms with E-state index in [2.05, 4.69) is 16.0 Å². The van der Waals surface area contributed by atoms with E-state index in [-0.39, 0.29) is 5.75 Å². The van der Waals surface area contributed by atoms with Crippen molar-refractivity contribution in [1.82, 2.24) is 14.5 Å². The molecule has 3 rings (SSSR count). The summed E-state index contributed by atoms with van der Waals surface area (Å²) in [5.41, 5.74) is 5.79. The Morgan fingerprint density at radius 2 is 2.33 bits per heavy atom. The van der Waals surface area contributed by atoms with Crippen LogP contribution in [0, 0.1) is 6.92 Å². The molecule has 21 heavy (non-hydrogen) atoms. The Hall–Kier alpha value is -1.86. The Morgan fingerprint density at radius 1 is 1.48 bits per heavy atom. The highest BCUT2D eigenvalue weighted by Gasteiger charge is 2.14. The first-order valence-electron chi connectivity index (χ1n) is 6.32. The van der Waals surface area contributed by atoms with Crippen LogP contribution in [0.2, 0.25) is 0 Å². The third-order valence-corrected chi connectivity index (χ3v) is 4.59. The number of carboxylic acids is 1. The monoisotopic (exact) mass is 319 g/mol. The number of thiazole rings is 1. The summed E-state index contributed by atoms with van der Waals surface area (Å²) in [6.45, 7) is 2.63. The lowest BCUT2D eigenvalue weighted by Gasteiger charge is -2.06. The van der Waals surface area contributed by atoms with Crippen molar-refractivity contribution >= 4 is 40.1 Å². The molecule has 1 N–H and O–H groups in total. The number of carbonyl (C=O) groups is 1. The summed E-state index contributed by atoms with van der Waals surface area (Å²) in [7, 11) is 0. The first kappa shape index (κ1) is 14.1. The van der Waals surface area contributed by atoms with Crippen LogP contribution in [0.25, 0.3) is 11.0 Å². The van der Waals surface area contributed by atoms with Crippen LogP contribution in [0.5, 0.6) is 0 Å². The Bertz CT molecular complexity index is 781. The molecule has 0 amide bonds. The summed E-state index contributed by atoms with van der Waals surface area (Å²) in [6.07, 6.45) is 0. The SMILES string of the molecule is Cc1ccc2nc(SCC(=O)O)n(Cc3cscn3)c2c1. The van der Waals surface area contributed by atoms with E-state index in [0.29, 0.717) is 11.7 Å². The highest BCUT2D eigenvalue weighted by Crippen LogP contribution is 2.26. The van der Waals surface area contributed by atoms with E-state index in [1.54, 1.807) is 16.8 Å². The molecule has 5 nitrogen and oxygen atoms in total. The summed E-state index contributed by atoms with van der Waals surface area (Å²) in [4.78, 5) is 19.6. The fraction of sp³-hybridized carbons (Fsp3) is 0.214. The number of aromatic nitrogens is 3. The number of nitrogens with zero attached hydrogens (tertiary/aromatic N) is 3. The second-order valence-corrected chi connectivity index (χ2v) is 6.30. The minimum Gasteiger partial charge on any atom is -0.481 e. The number of benzene rings is 1. The van der Waals surface area contributed by atoms with Gasteiger partial charge in [0.2, 0.25) is 0 Å². The Morgan fingerprint density at radius 3 is 3.05 bits per heavy atom. The molecule has 0 atom stereocenters. The van der Waals surface area contributed by atoms with Gasteiger partial charge in [0.1, 0.15) is 0 Å². The van der Waals surface area contributed by atoms with Crippen LogP contribution in [0.3, 0.4) is 0 Å². The van der Waals surface area contributed by atoms with E-state index < -0.39 is 5.97 Å². The zero-order valence-corrected chi connectivity index (χ0v) is 12.9. The predicted octanol–water partition coefficient (Wildman–Crippen LogP) is 3.03. The van der Waals surface area contributed by atoms with E-state index in [4.69, 9.17) is 5.11 Å². The Kier molecular flexibility index (Phi) is 3.94. The summed E-state index contributed by atoms with van der Waals surface area (Å²) in [5, 5.41) is 11.6. The van der Waals surface area contributed by atoms with Gasteiger partial charge in [-0.05, 0) is 24.6 Å². The van der Waals surface area contributed by atoms with E-state index in [0.717, 1.165) is 22.3 Å². The number of rotatable bonds is 5. The maximum Gasteiger partial charge on any atom is 0.313 e. The minimum atomic E-state index is -0.844. The molecule has 0 unspecified atom stereocenters. The molecule has 0 aliphatic carbocycles. The average Bonchev–Trinajstić information content (AvgIpc) is 3.06. The Balaban J connectivity index is 2.04. The topological polar surface area (TPSA) is 68.0 Å². The number of hydrogen-bond acceptors (Lipinski definition) is 5. The lowest BCUT2D eigenvalue weighted by molar-refractivity contribution is -0.133. The Labute approximate surface area is 129 Å². The summed E-state index contributed by atoms with van der Waals surface area (Å²) >= 11 is 2.78. The molecule has 7 heteroatoms. The van der Waals surface area contributed by atoms with Gasteiger partial charge >= 0.3 is 5.97 Å². The maximum absolute atomic E-state index is 10.8. The van der Waals surface area contributed by atoms with Gasteiger partial charge in [-0.1, -0.05) is 17.8 Å². The third-order valence-electron chi connectivity index (χ3n) is 3.00. The van der Waals surface area contributed by atoms with Gasteiger partial charge in [0.15, 0.2) is 5.16 Å². The number of imidazole rings is 1. The number of aliphatic carboxylic acids is 1. The van der Waals surface area contributed by atoms with Crippen LogP contribution in [-0.2, 0) is 11.3 Å². The largest absolute Gasteiger partial charge is 0.481 e. The van der Waals surface area contributed by atoms with E-state index in [1.165, 1.54) is 11.8 Å². The van der Waals surface area contributed by atoms with Crippen LogP contribution in [-0.4, -0.2) is 31.4 Å². The molecule has 0 radical (unpaired) electrons. The van der Waals surface area contributed by atoms with Crippen molar-refractivity contribution in [2.75, 3.05) is 5.75 Å². The van der Waals surface area contributed by atoms with Gasteiger partial charge in [0, 0.05) is 5.38 Å². The molecule has 0 aliphatic heterocycles. The molecule has 108 valence electrons. The highest BCUT2D eigenvalue weighted by molar-refractivity contribution is 7.99. The first-order valence-corrected chi connectivity index (χ1v) is 8.25. The molecule has 2 heterocycles. The molecule has 2 aromatic heterocycles. The number of hydrogen-bond donors (Lipinski definition) is 1. The van der Waals surface area contributed by atoms with Crippen molar-refractivity contribution in [3.8, 4) is 0 Å². The normalized spacial score (nSPS) is 11.1. The van der Waals surface area contributed by atoms with Gasteiger partial charge in [0.05, 0.1) is 34.5 Å². The molecular formula is C14H13N3O2S2. The molecule has 0 aliphatic rings. The molecule has 3 aromatic rings. The van der Waals surface area contributed by atoms with Crippen LogP contribution < -0.4 is 0 Å². The molecule has 0 spiro atoms. The number of fused-ring (bicyclic) bond motifs is 1. The molecule has 0 bridgehead atoms. The van der Waals surface area contributed by atoms with Crippen molar-refractivity contribution < 1.29 is 9.90 Å². The first-order chi connectivity index (χ1) is 10.1. The number of thioether (sulfide) groups is 1. The predicted molar refractivity (Wildman–Crippen MR) is 84.0 cm³/mol. The third kappa shape index (κ3) is 3.08. The van der Waals surface area contributed by atoms with E-state index in [9.17, 15) is 4.79 Å². The van der Waals surface area contributed by atoms with Crippen molar-refractivity contribution in [2.24, 2.45) is 0 Å². The van der Waals surface area contributed by atoms with Crippen LogP contribution in [0.4, 0.5) is 0 Å². The van der Waals surface area contributed by atoms with Crippen molar-refractivity contribution in [1.29, 1.82) is 0 Å². The lowest BCUT2D eigenvalue weighted by Crippen LogP contribution is -2.04. The quantitative estimate of drug-likeness (QED) is 0.732. The maximum atomic E-state index is 10.8. The fourth-order valence-corrected chi connectivity index (χ4v) is 3.36. The van der Waals surface area contributed by atoms with Crippen LogP contribution in [0.15, 0.2) is 34.2 Å². The minimum absolute atomic E-state index is 0.000625. The highest BCUT2D eigenvalue weighted by atomic mass is 32.2. The van der Waals surface area contributed by atoms with Gasteiger partial charge in [-0.25, -0.2) is 9.97 Å². The second-order valence-electron chi connectivity index (χ2n) is 4.63. The molecule has 0 saturated heterocycles. The van der Waals surface area contributed by atoms with Crippen LogP contribution >= 0.6 is 23.1 Å². The summed E-state index contributed by atoms with van der Waals surface area (Å²) < 4.78 is 2.03. The molecular weight excluding hydrogens is 306 g/mol. The van der Waals surface area contributed by atoms with Crippen molar-refractivity contribution in [3.05, 3.63) is 40.3 Å². The number of aryl methyl sites for hydroxylation is 1. The lowest BCUT2D eigenvalue weighted by atomic mass is 10.2. The molecule has 0 saturated carbocycles. The van der Waals surface area contributed by atoms with E-state index >= 15 is 0 Å². The fourth-order valence-electron chi connectivity index (χ4n) is 2.08. The van der Waals surface area contributed by atoms with Gasteiger partial charge in [-0.3, -0.25) is 4.79 Å². The standard InChI is InChI=1S/C14H13N3O2S2/c1-9-2-3-11-12(4-9)17(5-10-6-20-8-15-10)14(16-11)21-7-13(18)19/h2-4,6,8H,5,7H2,1H3,(H,18,19). The van der Waals surface area contributed by atoms with Gasteiger partial charge in [-0.2, -0.15) is 0 Å². The molecule has 1 aromatic carbocycles. The summed E-state index contributed by atoms with van der Waals surface area (Å²) in [6, 6.07) is 6.04. The van der Waals surface area contributed by atoms with Crippen LogP contribution in [0.1, 0.15) is 11.3 Å². The summed E-state index contributed by atoms with van der Waals surface area (Å²) in [5.74, 6) is -0.845. The van der Waals surface area contributed by atoms with Crippen molar-refractivity contribution in [2.45, 2.75) is 18.6 Å². The van der Waals surface area contributed by atoms with Gasteiger partial charge in [-0.15, -0.1) is 11.3 Å². The van der Waals surface area contributed by atoms with Crippen molar-refractivity contribution in [3.63, 3.8) is 0 Å². The smallest absolute Gasteiger partial charge is 0.313 e. The number of carboxylic acid groups (broad SMARTS) is 1. The zero-order chi connectivity index (χ0) is 14.8. The van der Waals surface area contributed by atoms with Gasteiger partial charge in [0.25, 0.3) is 0 Å². The second kappa shape index (κ2) is 5.87. The van der Waals surface area contributed by atoms with Gasteiger partial charge < -0.3 is 9.67 Å². The average molecular weight is 319 g/mol. The zero-order valence-electron chi connectivity index (χ0n) is 11.3.